The molecule has 0 heterocycles. The van der Waals surface area contributed by atoms with Gasteiger partial charge in [0.15, 0.2) is 5.76 Å². The molecule has 0 aromatic heterocycles. The molecule has 0 saturated heterocycles. The first-order valence-corrected chi connectivity index (χ1v) is 6.18. The Kier molecular flexibility index (Phi) is 6.21. The molecule has 18 heavy (non-hydrogen) atoms. The lowest BCUT2D eigenvalue weighted by molar-refractivity contribution is -0.147. The molecular formula is C15H21ClO2. The lowest BCUT2D eigenvalue weighted by atomic mass is 9.97. The molecule has 0 aromatic rings. The molecule has 2 nitrogen and oxygen atoms in total. The minimum Gasteiger partial charge on any atom is -0.417 e. The van der Waals surface area contributed by atoms with Gasteiger partial charge >= 0.3 is 5.97 Å². The van der Waals surface area contributed by atoms with Crippen LogP contribution >= 0.6 is 11.6 Å². The predicted molar refractivity (Wildman–Crippen MR) is 75.9 cm³/mol. The number of carbonyl (C=O) groups is 1. The van der Waals surface area contributed by atoms with Crippen LogP contribution in [0.25, 0.3) is 0 Å². The third kappa shape index (κ3) is 5.93. The highest BCUT2D eigenvalue weighted by atomic mass is 35.5. The zero-order valence-electron chi connectivity index (χ0n) is 12.2. The Morgan fingerprint density at radius 1 is 1.00 bits per heavy atom. The van der Waals surface area contributed by atoms with Gasteiger partial charge in [-0.15, -0.1) is 0 Å². The van der Waals surface area contributed by atoms with Crippen molar-refractivity contribution in [1.82, 2.24) is 0 Å². The van der Waals surface area contributed by atoms with Crippen molar-refractivity contribution in [3.05, 3.63) is 21.9 Å². The molecule has 0 radical (unpaired) electrons. The first-order valence-electron chi connectivity index (χ1n) is 5.80. The fourth-order valence-electron chi connectivity index (χ4n) is 0.735. The summed E-state index contributed by atoms with van der Waals surface area (Å²) in [6.07, 6.45) is 0. The number of rotatable bonds is 1. The van der Waals surface area contributed by atoms with Gasteiger partial charge in [-0.3, -0.25) is 4.79 Å². The number of carbonyl (C=O) groups excluding carboxylic acids is 1. The van der Waals surface area contributed by atoms with Gasteiger partial charge in [-0.05, 0) is 71.5 Å². The molecule has 3 heteroatoms. The van der Waals surface area contributed by atoms with Gasteiger partial charge in [0.25, 0.3) is 0 Å². The summed E-state index contributed by atoms with van der Waals surface area (Å²) in [6.45, 7) is 12.8. The summed E-state index contributed by atoms with van der Waals surface area (Å²) < 4.78 is 5.29. The van der Waals surface area contributed by atoms with E-state index in [-0.39, 0.29) is 5.97 Å². The van der Waals surface area contributed by atoms with Crippen molar-refractivity contribution in [2.24, 2.45) is 5.41 Å². The number of esters is 1. The van der Waals surface area contributed by atoms with Crippen LogP contribution in [0.2, 0.25) is 0 Å². The zero-order chi connectivity index (χ0) is 14.5. The van der Waals surface area contributed by atoms with Crippen LogP contribution in [0.4, 0.5) is 0 Å². The van der Waals surface area contributed by atoms with E-state index in [0.29, 0.717) is 10.8 Å². The molecule has 0 aromatic carbocycles. The molecule has 0 aliphatic heterocycles. The number of halogens is 1. The summed E-state index contributed by atoms with van der Waals surface area (Å²) in [7, 11) is 0. The van der Waals surface area contributed by atoms with Gasteiger partial charge in [-0.2, -0.15) is 0 Å². The molecule has 0 bridgehead atoms. The second kappa shape index (κ2) is 6.66. The van der Waals surface area contributed by atoms with Gasteiger partial charge in [0.2, 0.25) is 0 Å². The Morgan fingerprint density at radius 2 is 1.50 bits per heavy atom. The Bertz CT molecular complexity index is 443. The van der Waals surface area contributed by atoms with Gasteiger partial charge in [0.1, 0.15) is 0 Å². The highest BCUT2D eigenvalue weighted by Crippen LogP contribution is 2.18. The third-order valence-corrected chi connectivity index (χ3v) is 2.46. The normalized spacial score (nSPS) is 10.0. The third-order valence-electron chi connectivity index (χ3n) is 1.99. The van der Waals surface area contributed by atoms with E-state index in [1.807, 2.05) is 27.7 Å². The lowest BCUT2D eigenvalue weighted by Gasteiger charge is -2.16. The van der Waals surface area contributed by atoms with E-state index in [9.17, 15) is 4.79 Å². The topological polar surface area (TPSA) is 26.3 Å². The SMILES string of the molecule is CC(C)=C(Cl)C#CC(OC(=O)C(C)(C)C)=C(C)C. The Balaban J connectivity index is 5.14. The van der Waals surface area contributed by atoms with Gasteiger partial charge < -0.3 is 4.74 Å². The minimum absolute atomic E-state index is 0.304. The second-order valence-corrected chi connectivity index (χ2v) is 5.91. The van der Waals surface area contributed by atoms with E-state index in [1.165, 1.54) is 0 Å². The van der Waals surface area contributed by atoms with E-state index >= 15 is 0 Å². The number of allylic oxidation sites excluding steroid dienone is 4. The standard InChI is InChI=1S/C15H21ClO2/c1-10(2)12(16)8-9-13(11(3)4)18-14(17)15(5,6)7/h1-7H3. The molecule has 0 fully saturated rings. The summed E-state index contributed by atoms with van der Waals surface area (Å²) in [6, 6.07) is 0. The van der Waals surface area contributed by atoms with Crippen molar-refractivity contribution >= 4 is 17.6 Å². The largest absolute Gasteiger partial charge is 0.417 e. The first-order chi connectivity index (χ1) is 8.05. The maximum absolute atomic E-state index is 11.8. The molecular weight excluding hydrogens is 248 g/mol. The maximum atomic E-state index is 11.8. The van der Waals surface area contributed by atoms with Crippen LogP contribution in [0, 0.1) is 17.3 Å². The van der Waals surface area contributed by atoms with Crippen LogP contribution in [0.5, 0.6) is 0 Å². The molecule has 0 amide bonds. The molecule has 0 rings (SSSR count). The fraction of sp³-hybridized carbons (Fsp3) is 0.533. The van der Waals surface area contributed by atoms with E-state index in [4.69, 9.17) is 16.3 Å². The average Bonchev–Trinajstić information content (AvgIpc) is 2.21. The molecule has 0 saturated carbocycles. The van der Waals surface area contributed by atoms with Crippen molar-refractivity contribution in [2.45, 2.75) is 48.5 Å². The maximum Gasteiger partial charge on any atom is 0.317 e. The van der Waals surface area contributed by atoms with Crippen LogP contribution in [0.3, 0.4) is 0 Å². The molecule has 0 spiro atoms. The second-order valence-electron chi connectivity index (χ2n) is 5.53. The van der Waals surface area contributed by atoms with Gasteiger partial charge in [0, 0.05) is 0 Å². The van der Waals surface area contributed by atoms with Crippen LogP contribution in [-0.2, 0) is 9.53 Å². The summed E-state index contributed by atoms with van der Waals surface area (Å²) in [5.74, 6) is 5.65. The number of hydrogen-bond donors (Lipinski definition) is 0. The van der Waals surface area contributed by atoms with E-state index in [2.05, 4.69) is 11.8 Å². The van der Waals surface area contributed by atoms with Crippen LogP contribution in [-0.4, -0.2) is 5.97 Å². The minimum atomic E-state index is -0.553. The summed E-state index contributed by atoms with van der Waals surface area (Å²) in [4.78, 5) is 11.8. The van der Waals surface area contributed by atoms with Gasteiger partial charge in [0.05, 0.1) is 10.4 Å². The van der Waals surface area contributed by atoms with Crippen molar-refractivity contribution in [2.75, 3.05) is 0 Å². The van der Waals surface area contributed by atoms with Crippen molar-refractivity contribution in [1.29, 1.82) is 0 Å². The molecule has 0 unspecified atom stereocenters. The fourth-order valence-corrected chi connectivity index (χ4v) is 0.782. The summed E-state index contributed by atoms with van der Waals surface area (Å²) in [5.41, 5.74) is 1.22. The number of ether oxygens (including phenoxy) is 1. The van der Waals surface area contributed by atoms with E-state index in [1.54, 1.807) is 20.8 Å². The average molecular weight is 269 g/mol. The predicted octanol–water partition coefficient (Wildman–Crippen LogP) is 4.41. The van der Waals surface area contributed by atoms with Crippen molar-refractivity contribution in [3.8, 4) is 11.8 Å². The van der Waals surface area contributed by atoms with E-state index in [0.717, 1.165) is 11.1 Å². The Hall–Kier alpha value is -1.20. The van der Waals surface area contributed by atoms with Crippen LogP contribution in [0.1, 0.15) is 48.5 Å². The molecule has 100 valence electrons. The first kappa shape index (κ1) is 16.8. The molecule has 0 atom stereocenters. The van der Waals surface area contributed by atoms with Crippen LogP contribution in [0.15, 0.2) is 21.9 Å². The smallest absolute Gasteiger partial charge is 0.317 e. The van der Waals surface area contributed by atoms with Gasteiger partial charge in [-0.25, -0.2) is 0 Å². The van der Waals surface area contributed by atoms with Crippen molar-refractivity contribution < 1.29 is 9.53 Å². The highest BCUT2D eigenvalue weighted by Gasteiger charge is 2.24. The monoisotopic (exact) mass is 268 g/mol. The van der Waals surface area contributed by atoms with Gasteiger partial charge in [-0.1, -0.05) is 11.6 Å². The summed E-state index contributed by atoms with van der Waals surface area (Å²) >= 11 is 5.93. The Labute approximate surface area is 115 Å². The lowest BCUT2D eigenvalue weighted by Crippen LogP contribution is -2.22. The molecule has 0 aliphatic rings. The molecule has 0 N–H and O–H groups in total. The van der Waals surface area contributed by atoms with Crippen LogP contribution < -0.4 is 0 Å². The van der Waals surface area contributed by atoms with E-state index < -0.39 is 5.41 Å². The number of hydrogen-bond acceptors (Lipinski definition) is 2. The highest BCUT2D eigenvalue weighted by molar-refractivity contribution is 6.32. The van der Waals surface area contributed by atoms with Crippen molar-refractivity contribution in [3.63, 3.8) is 0 Å². The Morgan fingerprint density at radius 3 is 1.83 bits per heavy atom. The summed E-state index contributed by atoms with van der Waals surface area (Å²) in [5, 5.41) is 0.473. The zero-order valence-corrected chi connectivity index (χ0v) is 13.0. The quantitative estimate of drug-likeness (QED) is 0.400. The molecule has 0 aliphatic carbocycles.